The first-order chi connectivity index (χ1) is 25.8. The molecule has 0 radical (unpaired) electrons. The zero-order valence-electron chi connectivity index (χ0n) is 28.3. The van der Waals surface area contributed by atoms with E-state index in [1.165, 1.54) is 53.5 Å². The van der Waals surface area contributed by atoms with Gasteiger partial charge in [-0.3, -0.25) is 0 Å². The maximum atomic E-state index is 5.21. The number of hydrogen-bond donors (Lipinski definition) is 0. The Morgan fingerprint density at radius 1 is 0.385 bits per heavy atom. The van der Waals surface area contributed by atoms with Crippen LogP contribution in [0.4, 0.5) is 0 Å². The lowest BCUT2D eigenvalue weighted by molar-refractivity contribution is 1.18. The molecule has 0 aliphatic rings. The molecule has 0 saturated carbocycles. The molecule has 10 rings (SSSR count). The van der Waals surface area contributed by atoms with E-state index in [9.17, 15) is 0 Å². The monoisotopic (exact) mass is 680 g/mol. The van der Waals surface area contributed by atoms with E-state index in [-0.39, 0.29) is 0 Å². The van der Waals surface area contributed by atoms with Gasteiger partial charge < -0.3 is 4.57 Å². The van der Waals surface area contributed by atoms with Gasteiger partial charge >= 0.3 is 0 Å². The first-order valence-corrected chi connectivity index (χ1v) is 18.4. The predicted molar refractivity (Wildman–Crippen MR) is 221 cm³/mol. The van der Waals surface area contributed by atoms with Crippen LogP contribution in [0.15, 0.2) is 194 Å². The zero-order valence-corrected chi connectivity index (χ0v) is 29.1. The predicted octanol–water partition coefficient (Wildman–Crippen LogP) is 13.7. The van der Waals surface area contributed by atoms with Crippen molar-refractivity contribution in [3.8, 4) is 60.9 Å². The van der Waals surface area contributed by atoms with Crippen molar-refractivity contribution in [2.75, 3.05) is 0 Å². The van der Waals surface area contributed by atoms with Crippen LogP contribution in [-0.4, -0.2) is 9.55 Å². The van der Waals surface area contributed by atoms with Gasteiger partial charge in [0.1, 0.15) is 0 Å². The Hall–Kier alpha value is -6.55. The Balaban J connectivity index is 1.07. The van der Waals surface area contributed by atoms with Crippen molar-refractivity contribution in [2.45, 2.75) is 0 Å². The van der Waals surface area contributed by atoms with Gasteiger partial charge in [0.25, 0.3) is 0 Å². The van der Waals surface area contributed by atoms with Crippen molar-refractivity contribution in [1.82, 2.24) is 9.55 Å². The number of rotatable bonds is 6. The molecule has 0 amide bonds. The van der Waals surface area contributed by atoms with Crippen molar-refractivity contribution < 1.29 is 0 Å². The minimum atomic E-state index is 0.950. The van der Waals surface area contributed by atoms with Gasteiger partial charge in [-0.2, -0.15) is 0 Å². The highest BCUT2D eigenvalue weighted by molar-refractivity contribution is 7.23. The minimum absolute atomic E-state index is 0.950. The molecule has 52 heavy (non-hydrogen) atoms. The van der Waals surface area contributed by atoms with E-state index in [0.717, 1.165) is 39.3 Å². The Labute approximate surface area is 306 Å². The molecule has 0 unspecified atom stereocenters. The van der Waals surface area contributed by atoms with Crippen LogP contribution < -0.4 is 0 Å². The van der Waals surface area contributed by atoms with Gasteiger partial charge in [0.15, 0.2) is 0 Å². The maximum absolute atomic E-state index is 5.21. The van der Waals surface area contributed by atoms with E-state index in [0.29, 0.717) is 0 Å². The third-order valence-electron chi connectivity index (χ3n) is 10.0. The number of hydrogen-bond acceptors (Lipinski definition) is 2. The smallest absolute Gasteiger partial charge is 0.0715 e. The van der Waals surface area contributed by atoms with E-state index in [4.69, 9.17) is 4.98 Å². The molecule has 0 bridgehead atoms. The number of nitrogens with zero attached hydrogens (tertiary/aromatic N) is 2. The van der Waals surface area contributed by atoms with Crippen LogP contribution in [0.3, 0.4) is 0 Å². The summed E-state index contributed by atoms with van der Waals surface area (Å²) in [4.78, 5) is 6.51. The molecule has 2 nitrogen and oxygen atoms in total. The van der Waals surface area contributed by atoms with Crippen molar-refractivity contribution in [1.29, 1.82) is 0 Å². The summed E-state index contributed by atoms with van der Waals surface area (Å²) in [6, 6.07) is 69.5. The van der Waals surface area contributed by atoms with Gasteiger partial charge in [0, 0.05) is 37.2 Å². The molecule has 0 aliphatic heterocycles. The summed E-state index contributed by atoms with van der Waals surface area (Å²) in [6.07, 6.45) is 0. The molecule has 244 valence electrons. The summed E-state index contributed by atoms with van der Waals surface area (Å²) in [5, 5.41) is 3.86. The topological polar surface area (TPSA) is 17.8 Å². The van der Waals surface area contributed by atoms with Crippen LogP contribution in [0.2, 0.25) is 0 Å². The lowest BCUT2D eigenvalue weighted by Gasteiger charge is -2.12. The van der Waals surface area contributed by atoms with Crippen LogP contribution in [-0.2, 0) is 0 Å². The summed E-state index contributed by atoms with van der Waals surface area (Å²) in [5.74, 6) is 0. The van der Waals surface area contributed by atoms with E-state index < -0.39 is 0 Å². The fourth-order valence-corrected chi connectivity index (χ4v) is 8.66. The molecule has 0 fully saturated rings. The molecule has 0 saturated heterocycles. The van der Waals surface area contributed by atoms with Crippen molar-refractivity contribution in [2.24, 2.45) is 0 Å². The van der Waals surface area contributed by atoms with Gasteiger partial charge in [-0.25, -0.2) is 4.98 Å². The lowest BCUT2D eigenvalue weighted by Crippen LogP contribution is -1.95. The van der Waals surface area contributed by atoms with Crippen LogP contribution in [0.1, 0.15) is 0 Å². The van der Waals surface area contributed by atoms with Crippen LogP contribution in [0.5, 0.6) is 0 Å². The summed E-state index contributed by atoms with van der Waals surface area (Å²) in [7, 11) is 0. The third-order valence-corrected chi connectivity index (χ3v) is 11.2. The Morgan fingerprint density at radius 3 is 1.58 bits per heavy atom. The van der Waals surface area contributed by atoms with Gasteiger partial charge in [-0.15, -0.1) is 11.3 Å². The van der Waals surface area contributed by atoms with E-state index in [1.807, 2.05) is 11.3 Å². The van der Waals surface area contributed by atoms with E-state index in [1.54, 1.807) is 0 Å². The molecular formula is C49H32N2S. The summed E-state index contributed by atoms with van der Waals surface area (Å²) >= 11 is 1.88. The van der Waals surface area contributed by atoms with Crippen LogP contribution >= 0.6 is 11.3 Å². The summed E-state index contributed by atoms with van der Waals surface area (Å²) in [5.41, 5.74) is 13.6. The molecule has 0 atom stereocenters. The highest BCUT2D eigenvalue weighted by atomic mass is 32.1. The SMILES string of the molecule is c1ccc(-c2ccc(-c3cc(-c4ccccc4)nc(-c4ccc(-n5c6ccccc6c6c7sc(-c8ccccc8)cc7ccc65)cc4)c3)cc2)cc1. The highest BCUT2D eigenvalue weighted by Crippen LogP contribution is 2.43. The number of benzene rings is 7. The zero-order chi connectivity index (χ0) is 34.4. The average molecular weight is 681 g/mol. The molecule has 0 spiro atoms. The Kier molecular flexibility index (Phi) is 7.37. The average Bonchev–Trinajstić information content (AvgIpc) is 3.82. The number of para-hydroxylation sites is 1. The van der Waals surface area contributed by atoms with E-state index >= 15 is 0 Å². The lowest BCUT2D eigenvalue weighted by atomic mass is 9.97. The molecule has 10 aromatic rings. The quantitative estimate of drug-likeness (QED) is 0.171. The second kappa shape index (κ2) is 12.6. The highest BCUT2D eigenvalue weighted by Gasteiger charge is 2.17. The number of aromatic nitrogens is 2. The largest absolute Gasteiger partial charge is 0.309 e. The Morgan fingerprint density at radius 2 is 0.904 bits per heavy atom. The first kappa shape index (κ1) is 30.3. The Bertz CT molecular complexity index is 2850. The molecule has 0 N–H and O–H groups in total. The van der Waals surface area contributed by atoms with Gasteiger partial charge in [0.05, 0.1) is 22.4 Å². The molecule has 3 heterocycles. The molecule has 3 heteroatoms. The van der Waals surface area contributed by atoms with Gasteiger partial charge in [0.2, 0.25) is 0 Å². The number of thiophene rings is 1. The van der Waals surface area contributed by atoms with Crippen LogP contribution in [0, 0.1) is 0 Å². The minimum Gasteiger partial charge on any atom is -0.309 e. The van der Waals surface area contributed by atoms with Crippen molar-refractivity contribution in [3.63, 3.8) is 0 Å². The second-order valence-electron chi connectivity index (χ2n) is 13.2. The standard InChI is InChI=1S/C49H32N2S/c1-4-12-33(13-5-1)34-20-22-35(23-21-34)40-30-43(36-14-6-2-7-15-36)50-44(31-40)37-24-27-41(28-25-37)51-45-19-11-10-18-42(45)48-46(51)29-26-39-32-47(52-49(39)48)38-16-8-3-9-17-38/h1-32H. The molecule has 0 aliphatic carbocycles. The molecule has 7 aromatic carbocycles. The normalized spacial score (nSPS) is 11.5. The van der Waals surface area contributed by atoms with Crippen LogP contribution in [0.25, 0.3) is 92.8 Å². The van der Waals surface area contributed by atoms with Gasteiger partial charge in [-0.1, -0.05) is 152 Å². The molecular weight excluding hydrogens is 649 g/mol. The number of pyridine rings is 1. The third kappa shape index (κ3) is 5.31. The van der Waals surface area contributed by atoms with Crippen molar-refractivity contribution >= 4 is 43.2 Å². The summed E-state index contributed by atoms with van der Waals surface area (Å²) in [6.45, 7) is 0. The first-order valence-electron chi connectivity index (χ1n) is 17.6. The van der Waals surface area contributed by atoms with Gasteiger partial charge in [-0.05, 0) is 75.7 Å². The summed E-state index contributed by atoms with van der Waals surface area (Å²) < 4.78 is 3.73. The fraction of sp³-hybridized carbons (Fsp3) is 0. The molecule has 3 aromatic heterocycles. The number of fused-ring (bicyclic) bond motifs is 5. The van der Waals surface area contributed by atoms with E-state index in [2.05, 4.69) is 199 Å². The fourth-order valence-electron chi connectivity index (χ4n) is 7.44. The second-order valence-corrected chi connectivity index (χ2v) is 14.2. The maximum Gasteiger partial charge on any atom is 0.0715 e. The van der Waals surface area contributed by atoms with Crippen molar-refractivity contribution in [3.05, 3.63) is 194 Å².